The van der Waals surface area contributed by atoms with E-state index in [9.17, 15) is 0 Å². The summed E-state index contributed by atoms with van der Waals surface area (Å²) in [6.07, 6.45) is 4.19. The molecule has 82 valence electrons. The Hall–Kier alpha value is -0.0800. The van der Waals surface area contributed by atoms with Gasteiger partial charge in [-0.2, -0.15) is 0 Å². The van der Waals surface area contributed by atoms with Crippen molar-refractivity contribution >= 4 is 0 Å². The van der Waals surface area contributed by atoms with E-state index < -0.39 is 0 Å². The van der Waals surface area contributed by atoms with E-state index in [0.717, 1.165) is 0 Å². The largest absolute Gasteiger partial charge is 0.310 e. The predicted octanol–water partition coefficient (Wildman–Crippen LogP) is 1.86. The zero-order valence-corrected chi connectivity index (χ0v) is 9.90. The molecule has 1 N–H and O–H groups in total. The van der Waals surface area contributed by atoms with Crippen molar-refractivity contribution in [3.63, 3.8) is 0 Å². The van der Waals surface area contributed by atoms with Gasteiger partial charge in [0.05, 0.1) is 0 Å². The highest BCUT2D eigenvalue weighted by Crippen LogP contribution is 2.45. The maximum Gasteiger partial charge on any atom is 0.0252 e. The minimum Gasteiger partial charge on any atom is -0.310 e. The van der Waals surface area contributed by atoms with E-state index in [1.165, 1.54) is 45.4 Å². The van der Waals surface area contributed by atoms with Crippen molar-refractivity contribution in [2.24, 2.45) is 5.41 Å². The summed E-state index contributed by atoms with van der Waals surface area (Å²) in [5, 5.41) is 3.62. The van der Waals surface area contributed by atoms with Gasteiger partial charge in [0.15, 0.2) is 0 Å². The molecule has 14 heavy (non-hydrogen) atoms. The van der Waals surface area contributed by atoms with Crippen LogP contribution in [0.2, 0.25) is 0 Å². The van der Waals surface area contributed by atoms with E-state index in [-0.39, 0.29) is 0 Å². The lowest BCUT2D eigenvalue weighted by Crippen LogP contribution is -2.47. The van der Waals surface area contributed by atoms with Crippen LogP contribution in [-0.2, 0) is 0 Å². The number of hydrogen-bond acceptors (Lipinski definition) is 2. The van der Waals surface area contributed by atoms with Crippen molar-refractivity contribution in [2.45, 2.75) is 45.6 Å². The first-order valence-electron chi connectivity index (χ1n) is 5.97. The molecule has 2 fully saturated rings. The monoisotopic (exact) mass is 196 g/mol. The van der Waals surface area contributed by atoms with Gasteiger partial charge in [-0.05, 0) is 51.6 Å². The summed E-state index contributed by atoms with van der Waals surface area (Å²) in [7, 11) is 0. The molecule has 0 bridgehead atoms. The Labute approximate surface area is 88.1 Å². The molecule has 1 aliphatic carbocycles. The van der Waals surface area contributed by atoms with Crippen molar-refractivity contribution in [3.05, 3.63) is 0 Å². The summed E-state index contributed by atoms with van der Waals surface area (Å²) in [5.74, 6) is 0. The number of nitrogens with one attached hydrogen (secondary N) is 1. The average Bonchev–Trinajstić information content (AvgIpc) is 2.77. The Kier molecular flexibility index (Phi) is 2.61. The highest BCUT2D eigenvalue weighted by atomic mass is 15.2. The molecule has 0 aromatic heterocycles. The Bertz CT molecular complexity index is 206. The molecule has 1 heterocycles. The minimum atomic E-state index is 0.307. The molecule has 2 rings (SSSR count). The molecule has 0 unspecified atom stereocenters. The second-order valence-electron chi connectivity index (χ2n) is 6.19. The van der Waals surface area contributed by atoms with Gasteiger partial charge in [0.2, 0.25) is 0 Å². The van der Waals surface area contributed by atoms with Crippen LogP contribution in [0, 0.1) is 5.41 Å². The first-order chi connectivity index (χ1) is 6.49. The molecule has 0 radical (unpaired) electrons. The average molecular weight is 196 g/mol. The van der Waals surface area contributed by atoms with Gasteiger partial charge in [-0.3, -0.25) is 0 Å². The fraction of sp³-hybridized carbons (Fsp3) is 1.00. The highest BCUT2D eigenvalue weighted by Gasteiger charge is 2.39. The third-order valence-electron chi connectivity index (χ3n) is 3.58. The number of hydrogen-bond donors (Lipinski definition) is 1. The van der Waals surface area contributed by atoms with Gasteiger partial charge in [0.1, 0.15) is 0 Å². The maximum absolute atomic E-state index is 3.62. The molecular weight excluding hydrogens is 172 g/mol. The normalized spacial score (nSPS) is 31.1. The summed E-state index contributed by atoms with van der Waals surface area (Å²) in [5.41, 5.74) is 0.974. The smallest absolute Gasteiger partial charge is 0.0252 e. The van der Waals surface area contributed by atoms with Crippen molar-refractivity contribution in [3.8, 4) is 0 Å². The molecule has 1 saturated heterocycles. The van der Waals surface area contributed by atoms with Crippen LogP contribution in [0.5, 0.6) is 0 Å². The van der Waals surface area contributed by atoms with Crippen LogP contribution >= 0.6 is 0 Å². The lowest BCUT2D eigenvalue weighted by Gasteiger charge is -2.31. The predicted molar refractivity (Wildman–Crippen MR) is 60.5 cm³/mol. The Balaban J connectivity index is 1.90. The van der Waals surface area contributed by atoms with Crippen molar-refractivity contribution in [1.82, 2.24) is 10.2 Å². The molecule has 0 atom stereocenters. The van der Waals surface area contributed by atoms with Crippen LogP contribution in [0.25, 0.3) is 0 Å². The zero-order chi connectivity index (χ0) is 10.2. The van der Waals surface area contributed by atoms with Crippen LogP contribution < -0.4 is 5.32 Å². The quantitative estimate of drug-likeness (QED) is 0.725. The van der Waals surface area contributed by atoms with Gasteiger partial charge in [-0.25, -0.2) is 0 Å². The van der Waals surface area contributed by atoms with Crippen LogP contribution in [-0.4, -0.2) is 36.6 Å². The summed E-state index contributed by atoms with van der Waals surface area (Å²) < 4.78 is 0. The van der Waals surface area contributed by atoms with E-state index in [1.807, 2.05) is 0 Å². The van der Waals surface area contributed by atoms with Gasteiger partial charge in [-0.15, -0.1) is 0 Å². The molecular formula is C12H24N2. The molecule has 0 aromatic rings. The minimum absolute atomic E-state index is 0.307. The van der Waals surface area contributed by atoms with Crippen LogP contribution in [0.3, 0.4) is 0 Å². The maximum atomic E-state index is 3.62. The van der Waals surface area contributed by atoms with Crippen molar-refractivity contribution in [1.29, 1.82) is 0 Å². The topological polar surface area (TPSA) is 15.3 Å². The molecule has 1 saturated carbocycles. The molecule has 2 aliphatic rings. The van der Waals surface area contributed by atoms with Gasteiger partial charge in [-0.1, -0.05) is 6.92 Å². The molecule has 0 amide bonds. The van der Waals surface area contributed by atoms with E-state index in [1.54, 1.807) is 0 Å². The Morgan fingerprint density at radius 2 is 1.93 bits per heavy atom. The van der Waals surface area contributed by atoms with Crippen LogP contribution in [0.4, 0.5) is 0 Å². The number of nitrogens with zero attached hydrogens (tertiary/aromatic N) is 1. The molecule has 2 heteroatoms. The van der Waals surface area contributed by atoms with Crippen molar-refractivity contribution in [2.75, 3.05) is 26.2 Å². The lowest BCUT2D eigenvalue weighted by atomic mass is 10.0. The molecule has 0 aromatic carbocycles. The second-order valence-corrected chi connectivity index (χ2v) is 6.19. The van der Waals surface area contributed by atoms with Gasteiger partial charge in [0.25, 0.3) is 0 Å². The van der Waals surface area contributed by atoms with Crippen LogP contribution in [0.1, 0.15) is 40.0 Å². The first-order valence-corrected chi connectivity index (χ1v) is 5.97. The van der Waals surface area contributed by atoms with Crippen LogP contribution in [0.15, 0.2) is 0 Å². The second kappa shape index (κ2) is 3.49. The lowest BCUT2D eigenvalue weighted by molar-refractivity contribution is 0.197. The van der Waals surface area contributed by atoms with Gasteiger partial charge < -0.3 is 10.2 Å². The van der Waals surface area contributed by atoms with E-state index in [0.29, 0.717) is 11.0 Å². The summed E-state index contributed by atoms with van der Waals surface area (Å²) in [6, 6.07) is 0. The van der Waals surface area contributed by atoms with Gasteiger partial charge >= 0.3 is 0 Å². The number of rotatable bonds is 2. The SMILES string of the molecule is CC1(CN2CCCNC(C)(C)C2)CC1. The summed E-state index contributed by atoms with van der Waals surface area (Å²) in [4.78, 5) is 2.66. The fourth-order valence-electron chi connectivity index (χ4n) is 2.47. The van der Waals surface area contributed by atoms with Gasteiger partial charge in [0, 0.05) is 18.6 Å². The molecule has 0 spiro atoms. The third-order valence-corrected chi connectivity index (χ3v) is 3.58. The fourth-order valence-corrected chi connectivity index (χ4v) is 2.47. The summed E-state index contributed by atoms with van der Waals surface area (Å²) >= 11 is 0. The first kappa shape index (κ1) is 10.4. The summed E-state index contributed by atoms with van der Waals surface area (Å²) in [6.45, 7) is 12.1. The Morgan fingerprint density at radius 1 is 1.21 bits per heavy atom. The standard InChI is InChI=1S/C12H24N2/c1-11(2)9-14(8-4-7-13-11)10-12(3)5-6-12/h13H,4-10H2,1-3H3. The highest BCUT2D eigenvalue weighted by molar-refractivity contribution is 4.94. The Morgan fingerprint density at radius 3 is 2.57 bits per heavy atom. The van der Waals surface area contributed by atoms with Crippen molar-refractivity contribution < 1.29 is 0 Å². The third kappa shape index (κ3) is 2.71. The molecule has 2 nitrogen and oxygen atoms in total. The zero-order valence-electron chi connectivity index (χ0n) is 9.90. The molecule has 1 aliphatic heterocycles. The van der Waals surface area contributed by atoms with E-state index in [2.05, 4.69) is 31.0 Å². The van der Waals surface area contributed by atoms with E-state index in [4.69, 9.17) is 0 Å². The van der Waals surface area contributed by atoms with E-state index >= 15 is 0 Å².